The van der Waals surface area contributed by atoms with E-state index in [0.717, 1.165) is 59.2 Å². The first-order chi connectivity index (χ1) is 23.0. The highest BCUT2D eigenvalue weighted by molar-refractivity contribution is 7.87. The molecule has 3 aliphatic heterocycles. The van der Waals surface area contributed by atoms with Crippen molar-refractivity contribution in [2.75, 3.05) is 40.3 Å². The first-order valence-corrected chi connectivity index (χ1v) is 19.1. The molecule has 2 unspecified atom stereocenters. The topological polar surface area (TPSA) is 104 Å². The first kappa shape index (κ1) is 31.8. The fourth-order valence-electron chi connectivity index (χ4n) is 9.08. The molecule has 2 aliphatic carbocycles. The molecule has 1 N–H and O–H groups in total. The Labute approximate surface area is 283 Å². The van der Waals surface area contributed by atoms with Gasteiger partial charge in [-0.15, -0.1) is 0 Å². The van der Waals surface area contributed by atoms with Crippen LogP contribution in [0.2, 0.25) is 0 Å². The summed E-state index contributed by atoms with van der Waals surface area (Å²) in [7, 11) is -0.0666. The number of likely N-dealkylation sites (N-methyl/N-ethyl adjacent to an activating group) is 1. The molecule has 4 heterocycles. The highest BCUT2D eigenvalue weighted by atomic mass is 32.2. The minimum Gasteiger partial charge on any atom is -0.497 e. The molecule has 2 aromatic carbocycles. The molecule has 10 nitrogen and oxygen atoms in total. The summed E-state index contributed by atoms with van der Waals surface area (Å²) in [6.07, 6.45) is 7.32. The van der Waals surface area contributed by atoms with Crippen molar-refractivity contribution >= 4 is 32.9 Å². The van der Waals surface area contributed by atoms with Gasteiger partial charge in [-0.1, -0.05) is 25.3 Å². The third-order valence-electron chi connectivity index (χ3n) is 12.2. The lowest BCUT2D eigenvalue weighted by atomic mass is 9.81. The standard InChI is InChI=1S/C37H47N5O5S/c1-23-20-40(21-24(2)39(23)3)36(44)37-19-31(37)30-18-27(47-4)12-14-28(30)34-33(25-9-6-5-7-10-25)29-13-11-26(17-32(29)42(34)22-37)35(43)38-48(45,46)41-15-8-16-41/h11-14,17-18,23-25,31H,5-10,15-16,19-22H2,1-4H3,(H,38,43)/t23-,24+,31?,37?. The van der Waals surface area contributed by atoms with Gasteiger partial charge in [0.25, 0.3) is 5.91 Å². The van der Waals surface area contributed by atoms with Gasteiger partial charge in [0, 0.05) is 72.8 Å². The number of amides is 2. The van der Waals surface area contributed by atoms with Crippen molar-refractivity contribution < 1.29 is 22.7 Å². The maximum absolute atomic E-state index is 14.8. The van der Waals surface area contributed by atoms with Crippen LogP contribution in [0.5, 0.6) is 5.75 Å². The van der Waals surface area contributed by atoms with Crippen LogP contribution in [0.1, 0.15) is 92.1 Å². The summed E-state index contributed by atoms with van der Waals surface area (Å²) in [5, 5.41) is 1.09. The largest absolute Gasteiger partial charge is 0.497 e. The van der Waals surface area contributed by atoms with Crippen molar-refractivity contribution in [2.24, 2.45) is 5.41 Å². The number of nitrogens with zero attached hydrogens (tertiary/aromatic N) is 4. The fourth-order valence-corrected chi connectivity index (χ4v) is 10.3. The van der Waals surface area contributed by atoms with Crippen molar-refractivity contribution in [2.45, 2.75) is 89.3 Å². The summed E-state index contributed by atoms with van der Waals surface area (Å²) in [6.45, 7) is 7.12. The summed E-state index contributed by atoms with van der Waals surface area (Å²) in [5.74, 6) is 0.779. The predicted molar refractivity (Wildman–Crippen MR) is 185 cm³/mol. The number of rotatable bonds is 6. The van der Waals surface area contributed by atoms with Crippen LogP contribution in [0.4, 0.5) is 0 Å². The van der Waals surface area contributed by atoms with E-state index in [1.165, 1.54) is 29.1 Å². The molecule has 4 fully saturated rings. The fraction of sp³-hybridized carbons (Fsp3) is 0.568. The number of hydrogen-bond acceptors (Lipinski definition) is 6. The predicted octanol–water partition coefficient (Wildman–Crippen LogP) is 5.08. The number of methoxy groups -OCH3 is 1. The zero-order chi connectivity index (χ0) is 33.5. The number of carbonyl (C=O) groups excluding carboxylic acids is 2. The average Bonchev–Trinajstić information content (AvgIpc) is 3.71. The SMILES string of the molecule is COc1ccc2c(c1)C1CC1(C(=O)N1C[C@@H](C)N(C)[C@@H](C)C1)Cn1c-2c(C2CCCCC2)c2ccc(C(=O)NS(=O)(=O)N3CCC3)cc21. The molecule has 0 spiro atoms. The minimum absolute atomic E-state index is 0.0580. The van der Waals surface area contributed by atoms with Gasteiger partial charge >= 0.3 is 10.2 Å². The number of fused-ring (bicyclic) bond motifs is 7. The van der Waals surface area contributed by atoms with E-state index in [0.29, 0.717) is 44.2 Å². The minimum atomic E-state index is -3.89. The van der Waals surface area contributed by atoms with E-state index in [1.807, 2.05) is 18.2 Å². The van der Waals surface area contributed by atoms with Gasteiger partial charge in [-0.2, -0.15) is 12.7 Å². The Balaban J connectivity index is 1.29. The van der Waals surface area contributed by atoms with E-state index in [4.69, 9.17) is 4.74 Å². The van der Waals surface area contributed by atoms with Gasteiger partial charge in [0.05, 0.1) is 18.2 Å². The third kappa shape index (κ3) is 4.98. The van der Waals surface area contributed by atoms with Gasteiger partial charge in [-0.25, -0.2) is 4.72 Å². The van der Waals surface area contributed by atoms with E-state index < -0.39 is 21.5 Å². The second-order valence-corrected chi connectivity index (χ2v) is 16.7. The van der Waals surface area contributed by atoms with Gasteiger partial charge in [0.15, 0.2) is 0 Å². The summed E-state index contributed by atoms with van der Waals surface area (Å²) in [5.41, 5.74) is 5.31. The smallest absolute Gasteiger partial charge is 0.304 e. The molecular formula is C37H47N5O5S. The number of piperazine rings is 1. The summed E-state index contributed by atoms with van der Waals surface area (Å²) in [6, 6.07) is 12.5. The van der Waals surface area contributed by atoms with Gasteiger partial charge in [0.1, 0.15) is 5.75 Å². The number of aromatic nitrogens is 1. The Hall–Kier alpha value is -3.41. The molecule has 4 atom stereocenters. The van der Waals surface area contributed by atoms with Crippen molar-refractivity contribution in [1.82, 2.24) is 23.4 Å². The Morgan fingerprint density at radius 3 is 2.35 bits per heavy atom. The lowest BCUT2D eigenvalue weighted by Gasteiger charge is -2.43. The van der Waals surface area contributed by atoms with Crippen LogP contribution in [0, 0.1) is 5.41 Å². The van der Waals surface area contributed by atoms with Crippen LogP contribution in [0.3, 0.4) is 0 Å². The van der Waals surface area contributed by atoms with E-state index in [-0.39, 0.29) is 23.9 Å². The second kappa shape index (κ2) is 11.6. The van der Waals surface area contributed by atoms with Gasteiger partial charge < -0.3 is 14.2 Å². The number of benzene rings is 2. The summed E-state index contributed by atoms with van der Waals surface area (Å²) < 4.78 is 37.4. The molecule has 5 aliphatic rings. The summed E-state index contributed by atoms with van der Waals surface area (Å²) in [4.78, 5) is 32.8. The number of carbonyl (C=O) groups is 2. The zero-order valence-corrected chi connectivity index (χ0v) is 29.3. The average molecular weight is 674 g/mol. The van der Waals surface area contributed by atoms with Gasteiger partial charge in [-0.3, -0.25) is 14.5 Å². The third-order valence-corrected chi connectivity index (χ3v) is 13.7. The van der Waals surface area contributed by atoms with Crippen molar-refractivity contribution in [3.8, 4) is 17.0 Å². The van der Waals surface area contributed by atoms with Crippen molar-refractivity contribution in [3.63, 3.8) is 0 Å². The number of hydrogen-bond donors (Lipinski definition) is 1. The van der Waals surface area contributed by atoms with E-state index >= 15 is 0 Å². The molecule has 256 valence electrons. The molecule has 2 saturated carbocycles. The Morgan fingerprint density at radius 1 is 0.958 bits per heavy atom. The second-order valence-electron chi connectivity index (χ2n) is 15.0. The Bertz CT molecular complexity index is 1900. The maximum atomic E-state index is 14.8. The van der Waals surface area contributed by atoms with E-state index in [9.17, 15) is 18.0 Å². The quantitative estimate of drug-likeness (QED) is 0.392. The molecule has 3 aromatic rings. The van der Waals surface area contributed by atoms with E-state index in [2.05, 4.69) is 52.1 Å². The van der Waals surface area contributed by atoms with Crippen LogP contribution < -0.4 is 9.46 Å². The number of nitrogens with one attached hydrogen (secondary N) is 1. The highest BCUT2D eigenvalue weighted by Gasteiger charge is 2.64. The molecule has 1 aromatic heterocycles. The molecule has 0 radical (unpaired) electrons. The molecule has 0 bridgehead atoms. The van der Waals surface area contributed by atoms with Crippen LogP contribution in [-0.4, -0.2) is 91.3 Å². The van der Waals surface area contributed by atoms with Crippen molar-refractivity contribution in [3.05, 3.63) is 53.1 Å². The molecule has 2 saturated heterocycles. The van der Waals surface area contributed by atoms with Gasteiger partial charge in [0.2, 0.25) is 5.91 Å². The Kier molecular flexibility index (Phi) is 7.69. The first-order valence-electron chi connectivity index (χ1n) is 17.7. The number of ether oxygens (including phenoxy) is 1. The molecule has 11 heteroatoms. The van der Waals surface area contributed by atoms with Crippen LogP contribution >= 0.6 is 0 Å². The van der Waals surface area contributed by atoms with Crippen LogP contribution in [0.25, 0.3) is 22.2 Å². The van der Waals surface area contributed by atoms with Crippen LogP contribution in [-0.2, 0) is 21.5 Å². The lowest BCUT2D eigenvalue weighted by molar-refractivity contribution is -0.141. The zero-order valence-electron chi connectivity index (χ0n) is 28.5. The normalized spacial score (nSPS) is 27.8. The van der Waals surface area contributed by atoms with Crippen molar-refractivity contribution in [1.29, 1.82) is 0 Å². The molecule has 48 heavy (non-hydrogen) atoms. The molecule has 2 amide bonds. The lowest BCUT2D eigenvalue weighted by Crippen LogP contribution is -2.58. The monoisotopic (exact) mass is 673 g/mol. The maximum Gasteiger partial charge on any atom is 0.304 e. The van der Waals surface area contributed by atoms with E-state index in [1.54, 1.807) is 13.2 Å². The van der Waals surface area contributed by atoms with Gasteiger partial charge in [-0.05, 0) is 94.0 Å². The molecule has 8 rings (SSSR count). The molecular weight excluding hydrogens is 627 g/mol. The Morgan fingerprint density at radius 2 is 1.69 bits per heavy atom. The summed E-state index contributed by atoms with van der Waals surface area (Å²) >= 11 is 0. The highest BCUT2D eigenvalue weighted by Crippen LogP contribution is 2.66. The van der Waals surface area contributed by atoms with Crippen LogP contribution in [0.15, 0.2) is 36.4 Å².